The zero-order valence-corrected chi connectivity index (χ0v) is 15.3. The number of nitrogens with one attached hydrogen (secondary N) is 1. The van der Waals surface area contributed by atoms with Crippen LogP contribution in [-0.4, -0.2) is 18.0 Å². The van der Waals surface area contributed by atoms with E-state index in [9.17, 15) is 4.79 Å². The third-order valence-electron chi connectivity index (χ3n) is 4.64. The summed E-state index contributed by atoms with van der Waals surface area (Å²) in [6.07, 6.45) is 5.04. The Morgan fingerprint density at radius 3 is 2.68 bits per heavy atom. The van der Waals surface area contributed by atoms with Crippen LogP contribution in [0.4, 0.5) is 0 Å². The van der Waals surface area contributed by atoms with E-state index in [-0.39, 0.29) is 11.8 Å². The van der Waals surface area contributed by atoms with Crippen LogP contribution in [0.1, 0.15) is 54.7 Å². The third kappa shape index (κ3) is 4.31. The standard InChI is InChI=1S/C20H23ClN2O2/c1-3-18(14-6-8-17(21)9-7-14)19(24)22-12-16-10-15(13-4-5-13)11-23-20(16)25-2/h6-11,13,18H,3-5,12H2,1-2H3,(H,22,24)/t18-/m0/s1. The largest absolute Gasteiger partial charge is 0.481 e. The molecular weight excluding hydrogens is 336 g/mol. The monoisotopic (exact) mass is 358 g/mol. The van der Waals surface area contributed by atoms with Crippen LogP contribution in [0.5, 0.6) is 5.88 Å². The summed E-state index contributed by atoms with van der Waals surface area (Å²) in [5.41, 5.74) is 3.13. The predicted molar refractivity (Wildman–Crippen MR) is 99.1 cm³/mol. The van der Waals surface area contributed by atoms with Crippen molar-refractivity contribution in [3.63, 3.8) is 0 Å². The summed E-state index contributed by atoms with van der Waals surface area (Å²) < 4.78 is 5.34. The number of amides is 1. The Kier molecular flexibility index (Phi) is 5.59. The molecule has 3 rings (SSSR count). The molecule has 0 spiro atoms. The van der Waals surface area contributed by atoms with E-state index in [1.165, 1.54) is 18.4 Å². The second-order valence-electron chi connectivity index (χ2n) is 6.44. The van der Waals surface area contributed by atoms with Gasteiger partial charge in [-0.15, -0.1) is 0 Å². The van der Waals surface area contributed by atoms with Crippen molar-refractivity contribution in [2.24, 2.45) is 0 Å². The van der Waals surface area contributed by atoms with E-state index < -0.39 is 0 Å². The second kappa shape index (κ2) is 7.87. The zero-order chi connectivity index (χ0) is 17.8. The van der Waals surface area contributed by atoms with Crippen molar-refractivity contribution in [3.8, 4) is 5.88 Å². The molecule has 5 heteroatoms. The maximum absolute atomic E-state index is 12.7. The molecule has 25 heavy (non-hydrogen) atoms. The fraction of sp³-hybridized carbons (Fsp3) is 0.400. The highest BCUT2D eigenvalue weighted by atomic mass is 35.5. The van der Waals surface area contributed by atoms with Gasteiger partial charge in [-0.25, -0.2) is 4.98 Å². The summed E-state index contributed by atoms with van der Waals surface area (Å²) in [5, 5.41) is 3.71. The van der Waals surface area contributed by atoms with Crippen molar-refractivity contribution in [1.82, 2.24) is 10.3 Å². The number of carbonyl (C=O) groups is 1. The quantitative estimate of drug-likeness (QED) is 0.796. The van der Waals surface area contributed by atoms with Gasteiger partial charge in [0, 0.05) is 23.3 Å². The van der Waals surface area contributed by atoms with E-state index in [1.54, 1.807) is 7.11 Å². The first-order valence-electron chi connectivity index (χ1n) is 8.68. The van der Waals surface area contributed by atoms with Gasteiger partial charge >= 0.3 is 0 Å². The summed E-state index contributed by atoms with van der Waals surface area (Å²) in [6, 6.07) is 9.56. The minimum Gasteiger partial charge on any atom is -0.481 e. The highest BCUT2D eigenvalue weighted by Crippen LogP contribution is 2.40. The molecule has 2 aromatic rings. The molecule has 0 bridgehead atoms. The van der Waals surface area contributed by atoms with E-state index in [0.717, 1.165) is 17.5 Å². The van der Waals surface area contributed by atoms with Gasteiger partial charge in [0.1, 0.15) is 0 Å². The van der Waals surface area contributed by atoms with E-state index in [4.69, 9.17) is 16.3 Å². The van der Waals surface area contributed by atoms with Gasteiger partial charge < -0.3 is 10.1 Å². The lowest BCUT2D eigenvalue weighted by Gasteiger charge is -2.16. The number of rotatable bonds is 7. The zero-order valence-electron chi connectivity index (χ0n) is 14.6. The van der Waals surface area contributed by atoms with Crippen LogP contribution in [0.15, 0.2) is 36.5 Å². The molecule has 1 atom stereocenters. The number of ether oxygens (including phenoxy) is 1. The molecule has 1 aliphatic carbocycles. The van der Waals surface area contributed by atoms with Crippen LogP contribution in [0, 0.1) is 0 Å². The van der Waals surface area contributed by atoms with Crippen molar-refractivity contribution in [3.05, 3.63) is 58.2 Å². The number of halogens is 1. The Bertz CT molecular complexity index is 742. The molecule has 1 fully saturated rings. The molecule has 1 aromatic carbocycles. The van der Waals surface area contributed by atoms with Crippen LogP contribution in [0.25, 0.3) is 0 Å². The molecule has 0 aliphatic heterocycles. The Labute approximate surface area is 153 Å². The lowest BCUT2D eigenvalue weighted by molar-refractivity contribution is -0.122. The Morgan fingerprint density at radius 2 is 2.08 bits per heavy atom. The van der Waals surface area contributed by atoms with Gasteiger partial charge in [-0.2, -0.15) is 0 Å². The average molecular weight is 359 g/mol. The van der Waals surface area contributed by atoms with Crippen molar-refractivity contribution in [1.29, 1.82) is 0 Å². The Morgan fingerprint density at radius 1 is 1.36 bits per heavy atom. The number of benzene rings is 1. The van der Waals surface area contributed by atoms with Crippen molar-refractivity contribution in [2.75, 3.05) is 7.11 Å². The molecular formula is C20H23ClN2O2. The summed E-state index contributed by atoms with van der Waals surface area (Å²) in [4.78, 5) is 17.0. The molecule has 0 saturated heterocycles. The van der Waals surface area contributed by atoms with Gasteiger partial charge in [0.2, 0.25) is 11.8 Å². The lowest BCUT2D eigenvalue weighted by atomic mass is 9.95. The number of carbonyl (C=O) groups excluding carboxylic acids is 1. The van der Waals surface area contributed by atoms with E-state index >= 15 is 0 Å². The number of hydrogen-bond donors (Lipinski definition) is 1. The normalized spacial score (nSPS) is 14.8. The molecule has 1 amide bonds. The molecule has 0 radical (unpaired) electrons. The number of hydrogen-bond acceptors (Lipinski definition) is 3. The lowest BCUT2D eigenvalue weighted by Crippen LogP contribution is -2.29. The highest BCUT2D eigenvalue weighted by molar-refractivity contribution is 6.30. The summed E-state index contributed by atoms with van der Waals surface area (Å²) in [7, 11) is 1.60. The maximum atomic E-state index is 12.7. The Balaban J connectivity index is 1.70. The molecule has 132 valence electrons. The minimum absolute atomic E-state index is 0.00343. The van der Waals surface area contributed by atoms with Crippen LogP contribution < -0.4 is 10.1 Å². The van der Waals surface area contributed by atoms with E-state index in [2.05, 4.69) is 16.4 Å². The fourth-order valence-corrected chi connectivity index (χ4v) is 3.17. The predicted octanol–water partition coefficient (Wildman–Crippen LogP) is 4.43. The molecule has 1 aliphatic rings. The first-order valence-corrected chi connectivity index (χ1v) is 9.06. The van der Waals surface area contributed by atoms with E-state index in [1.807, 2.05) is 37.4 Å². The maximum Gasteiger partial charge on any atom is 0.227 e. The summed E-state index contributed by atoms with van der Waals surface area (Å²) in [6.45, 7) is 2.42. The van der Waals surface area contributed by atoms with Gasteiger partial charge in [0.25, 0.3) is 0 Å². The van der Waals surface area contributed by atoms with Crippen LogP contribution >= 0.6 is 11.6 Å². The van der Waals surface area contributed by atoms with Crippen LogP contribution in [-0.2, 0) is 11.3 Å². The Hall–Kier alpha value is -2.07. The summed E-state index contributed by atoms with van der Waals surface area (Å²) >= 11 is 5.94. The van der Waals surface area contributed by atoms with Gasteiger partial charge in [0.15, 0.2) is 0 Å². The van der Waals surface area contributed by atoms with Gasteiger partial charge in [0.05, 0.1) is 13.0 Å². The van der Waals surface area contributed by atoms with Crippen LogP contribution in [0.2, 0.25) is 5.02 Å². The van der Waals surface area contributed by atoms with Crippen molar-refractivity contribution in [2.45, 2.75) is 44.6 Å². The molecule has 1 aromatic heterocycles. The number of aromatic nitrogens is 1. The number of nitrogens with zero attached hydrogens (tertiary/aromatic N) is 1. The molecule has 4 nitrogen and oxygen atoms in total. The number of pyridine rings is 1. The second-order valence-corrected chi connectivity index (χ2v) is 6.88. The molecule has 1 heterocycles. The van der Waals surface area contributed by atoms with Gasteiger partial charge in [-0.1, -0.05) is 30.7 Å². The minimum atomic E-state index is -0.192. The fourth-order valence-electron chi connectivity index (χ4n) is 3.04. The topological polar surface area (TPSA) is 51.2 Å². The third-order valence-corrected chi connectivity index (χ3v) is 4.89. The van der Waals surface area contributed by atoms with Gasteiger partial charge in [-0.3, -0.25) is 4.79 Å². The highest BCUT2D eigenvalue weighted by Gasteiger charge is 2.25. The average Bonchev–Trinajstić information content (AvgIpc) is 3.47. The molecule has 1 N–H and O–H groups in total. The van der Waals surface area contributed by atoms with Crippen molar-refractivity contribution < 1.29 is 9.53 Å². The van der Waals surface area contributed by atoms with Crippen molar-refractivity contribution >= 4 is 17.5 Å². The van der Waals surface area contributed by atoms with E-state index in [0.29, 0.717) is 23.4 Å². The first-order chi connectivity index (χ1) is 12.1. The number of methoxy groups -OCH3 is 1. The SMILES string of the molecule is CC[C@H](C(=O)NCc1cc(C2CC2)cnc1OC)c1ccc(Cl)cc1. The molecule has 1 saturated carbocycles. The summed E-state index contributed by atoms with van der Waals surface area (Å²) in [5.74, 6) is 1.00. The smallest absolute Gasteiger partial charge is 0.227 e. The van der Waals surface area contributed by atoms with Crippen LogP contribution in [0.3, 0.4) is 0 Å². The van der Waals surface area contributed by atoms with Gasteiger partial charge in [-0.05, 0) is 54.5 Å². The first kappa shape index (κ1) is 17.7. The molecule has 0 unspecified atom stereocenters.